The normalized spacial score (nSPS) is 11.5. The van der Waals surface area contributed by atoms with Crippen molar-refractivity contribution in [2.24, 2.45) is 4.99 Å². The minimum atomic E-state index is -4.32. The van der Waals surface area contributed by atoms with Gasteiger partial charge in [-0.2, -0.15) is 13.2 Å². The predicted molar refractivity (Wildman–Crippen MR) is 130 cm³/mol. The lowest BCUT2D eigenvalue weighted by Crippen LogP contribution is -2.30. The first kappa shape index (κ1) is 27.8. The number of halogens is 4. The Labute approximate surface area is 203 Å². The fourth-order valence-corrected chi connectivity index (χ4v) is 2.66. The second-order valence-corrected chi connectivity index (χ2v) is 6.54. The first-order valence-electron chi connectivity index (χ1n) is 9.93. The number of ether oxygens (including phenoxy) is 3. The molecular formula is C22H29F3IN3O3. The molecule has 2 aromatic rings. The Hall–Kier alpha value is -2.21. The van der Waals surface area contributed by atoms with Gasteiger partial charge in [-0.05, 0) is 37.1 Å². The van der Waals surface area contributed by atoms with Crippen LogP contribution >= 0.6 is 24.0 Å². The van der Waals surface area contributed by atoms with E-state index in [0.717, 1.165) is 11.3 Å². The molecule has 0 aliphatic carbocycles. The number of benzene rings is 2. The van der Waals surface area contributed by atoms with Gasteiger partial charge in [0.15, 0.2) is 17.5 Å². The average Bonchev–Trinajstić information content (AvgIpc) is 2.73. The van der Waals surface area contributed by atoms with Gasteiger partial charge in [0.2, 0.25) is 0 Å². The monoisotopic (exact) mass is 567 g/mol. The molecule has 32 heavy (non-hydrogen) atoms. The third kappa shape index (κ3) is 9.94. The van der Waals surface area contributed by atoms with Crippen molar-refractivity contribution >= 4 is 35.6 Å². The van der Waals surface area contributed by atoms with Crippen molar-refractivity contribution in [3.63, 3.8) is 0 Å². The Bertz CT molecular complexity index is 847. The van der Waals surface area contributed by atoms with Crippen molar-refractivity contribution in [3.8, 4) is 11.5 Å². The van der Waals surface area contributed by atoms with Crippen LogP contribution in [0.3, 0.4) is 0 Å². The molecule has 0 atom stereocenters. The topological polar surface area (TPSA) is 64.1 Å². The molecule has 2 rings (SSSR count). The molecule has 2 aromatic carbocycles. The van der Waals surface area contributed by atoms with E-state index in [0.29, 0.717) is 42.7 Å². The van der Waals surface area contributed by atoms with Crippen molar-refractivity contribution in [1.82, 2.24) is 5.32 Å². The van der Waals surface area contributed by atoms with Gasteiger partial charge in [-0.3, -0.25) is 0 Å². The predicted octanol–water partition coefficient (Wildman–Crippen LogP) is 5.37. The molecule has 0 fully saturated rings. The molecule has 0 saturated heterocycles. The van der Waals surface area contributed by atoms with Crippen molar-refractivity contribution in [2.75, 3.05) is 32.2 Å². The number of anilines is 1. The van der Waals surface area contributed by atoms with E-state index in [1.807, 2.05) is 44.2 Å². The number of hydrogen-bond acceptors (Lipinski definition) is 4. The molecule has 0 bridgehead atoms. The number of alkyl halides is 3. The van der Waals surface area contributed by atoms with Crippen LogP contribution in [0, 0.1) is 0 Å². The maximum Gasteiger partial charge on any atom is 0.411 e. The molecule has 0 aliphatic rings. The molecule has 0 saturated carbocycles. The number of methoxy groups -OCH3 is 1. The number of nitrogens with one attached hydrogen (secondary N) is 2. The van der Waals surface area contributed by atoms with E-state index in [4.69, 9.17) is 9.47 Å². The van der Waals surface area contributed by atoms with Gasteiger partial charge in [-0.15, -0.1) is 24.0 Å². The van der Waals surface area contributed by atoms with Crippen molar-refractivity contribution in [2.45, 2.75) is 33.2 Å². The highest BCUT2D eigenvalue weighted by atomic mass is 127. The van der Waals surface area contributed by atoms with E-state index >= 15 is 0 Å². The van der Waals surface area contributed by atoms with E-state index < -0.39 is 12.8 Å². The molecule has 0 radical (unpaired) electrons. The van der Waals surface area contributed by atoms with Crippen LogP contribution in [-0.2, 0) is 17.9 Å². The van der Waals surface area contributed by atoms with Gasteiger partial charge in [-0.25, -0.2) is 4.99 Å². The van der Waals surface area contributed by atoms with Gasteiger partial charge in [-0.1, -0.05) is 24.3 Å². The van der Waals surface area contributed by atoms with Crippen LogP contribution in [-0.4, -0.2) is 39.0 Å². The Morgan fingerprint density at radius 3 is 2.28 bits per heavy atom. The summed E-state index contributed by atoms with van der Waals surface area (Å²) in [5.41, 5.74) is 2.38. The summed E-state index contributed by atoms with van der Waals surface area (Å²) in [6.45, 7) is 4.11. The summed E-state index contributed by atoms with van der Waals surface area (Å²) in [7, 11) is 1.59. The molecule has 0 aromatic heterocycles. The van der Waals surface area contributed by atoms with Crippen LogP contribution in [0.15, 0.2) is 47.5 Å². The summed E-state index contributed by atoms with van der Waals surface area (Å²) in [6, 6.07) is 12.6. The van der Waals surface area contributed by atoms with E-state index in [-0.39, 0.29) is 30.6 Å². The van der Waals surface area contributed by atoms with E-state index in [1.165, 1.54) is 0 Å². The van der Waals surface area contributed by atoms with Crippen molar-refractivity contribution in [3.05, 3.63) is 53.6 Å². The Morgan fingerprint density at radius 1 is 1.00 bits per heavy atom. The smallest absolute Gasteiger partial charge is 0.411 e. The van der Waals surface area contributed by atoms with Crippen LogP contribution in [0.1, 0.15) is 25.0 Å². The fraction of sp³-hybridized carbons (Fsp3) is 0.409. The molecule has 0 unspecified atom stereocenters. The van der Waals surface area contributed by atoms with E-state index in [2.05, 4.69) is 20.4 Å². The van der Waals surface area contributed by atoms with Gasteiger partial charge in [0.25, 0.3) is 0 Å². The van der Waals surface area contributed by atoms with E-state index in [9.17, 15) is 13.2 Å². The van der Waals surface area contributed by atoms with Crippen LogP contribution in [0.25, 0.3) is 0 Å². The maximum atomic E-state index is 12.2. The summed E-state index contributed by atoms with van der Waals surface area (Å²) in [5.74, 6) is 1.87. The summed E-state index contributed by atoms with van der Waals surface area (Å²) in [6.07, 6.45) is -4.32. The lowest BCUT2D eigenvalue weighted by atomic mass is 10.1. The summed E-state index contributed by atoms with van der Waals surface area (Å²) in [4.78, 5) is 4.56. The molecule has 0 amide bonds. The zero-order valence-electron chi connectivity index (χ0n) is 18.3. The molecule has 2 N–H and O–H groups in total. The number of hydrogen-bond donors (Lipinski definition) is 2. The van der Waals surface area contributed by atoms with Crippen LogP contribution in [0.5, 0.6) is 11.5 Å². The van der Waals surface area contributed by atoms with Gasteiger partial charge < -0.3 is 24.8 Å². The largest absolute Gasteiger partial charge is 0.493 e. The number of nitrogens with zero attached hydrogens (tertiary/aromatic N) is 1. The van der Waals surface area contributed by atoms with Crippen molar-refractivity contribution < 1.29 is 27.4 Å². The number of aliphatic imine (C=N–C) groups is 1. The van der Waals surface area contributed by atoms with Crippen LogP contribution < -0.4 is 20.1 Å². The summed E-state index contributed by atoms with van der Waals surface area (Å²) < 4.78 is 52.0. The molecule has 178 valence electrons. The number of guanidine groups is 1. The minimum Gasteiger partial charge on any atom is -0.493 e. The lowest BCUT2D eigenvalue weighted by Gasteiger charge is -2.14. The molecule has 10 heteroatoms. The second kappa shape index (κ2) is 14.0. The lowest BCUT2D eigenvalue weighted by molar-refractivity contribution is -0.176. The molecule has 0 aliphatic heterocycles. The Kier molecular flexibility index (Phi) is 12.2. The molecule has 6 nitrogen and oxygen atoms in total. The first-order valence-corrected chi connectivity index (χ1v) is 9.93. The molecular weight excluding hydrogens is 538 g/mol. The minimum absolute atomic E-state index is 0. The third-order valence-corrected chi connectivity index (χ3v) is 4.05. The highest BCUT2D eigenvalue weighted by Crippen LogP contribution is 2.30. The standard InChI is InChI=1S/C22H28F3N3O3.HI/c1-4-26-21(28-18-10-11-19(29-3)20(12-18)31-5-2)27-13-16-6-8-17(9-7-16)14-30-15-22(23,24)25;/h6-12H,4-5,13-15H2,1-3H3,(H2,26,27,28);1H. The van der Waals surface area contributed by atoms with E-state index in [1.54, 1.807) is 19.2 Å². The van der Waals surface area contributed by atoms with Crippen molar-refractivity contribution in [1.29, 1.82) is 0 Å². The van der Waals surface area contributed by atoms with Crippen LogP contribution in [0.2, 0.25) is 0 Å². The first-order chi connectivity index (χ1) is 14.8. The Balaban J connectivity index is 0.00000512. The highest BCUT2D eigenvalue weighted by Gasteiger charge is 2.27. The zero-order chi connectivity index (χ0) is 22.7. The molecule has 0 heterocycles. The Morgan fingerprint density at radius 2 is 1.69 bits per heavy atom. The van der Waals surface area contributed by atoms with Gasteiger partial charge in [0, 0.05) is 18.3 Å². The average molecular weight is 567 g/mol. The van der Waals surface area contributed by atoms with Gasteiger partial charge in [0.05, 0.1) is 26.9 Å². The number of rotatable bonds is 10. The highest BCUT2D eigenvalue weighted by molar-refractivity contribution is 14.0. The second-order valence-electron chi connectivity index (χ2n) is 6.54. The molecule has 0 spiro atoms. The summed E-state index contributed by atoms with van der Waals surface area (Å²) in [5, 5.41) is 6.41. The SMILES string of the molecule is CCNC(=NCc1ccc(COCC(F)(F)F)cc1)Nc1ccc(OC)c(OCC)c1.I. The fourth-order valence-electron chi connectivity index (χ4n) is 2.66. The maximum absolute atomic E-state index is 12.2. The van der Waals surface area contributed by atoms with Gasteiger partial charge >= 0.3 is 6.18 Å². The third-order valence-electron chi connectivity index (χ3n) is 4.05. The van der Waals surface area contributed by atoms with Crippen LogP contribution in [0.4, 0.5) is 18.9 Å². The zero-order valence-corrected chi connectivity index (χ0v) is 20.6. The summed E-state index contributed by atoms with van der Waals surface area (Å²) >= 11 is 0. The van der Waals surface area contributed by atoms with Gasteiger partial charge in [0.1, 0.15) is 6.61 Å². The quantitative estimate of drug-likeness (QED) is 0.230.